The fourth-order valence-electron chi connectivity index (χ4n) is 2.33. The molecule has 0 saturated carbocycles. The molecular weight excluding hydrogens is 352 g/mol. The van der Waals surface area contributed by atoms with Crippen molar-refractivity contribution in [2.45, 2.75) is 25.8 Å². The van der Waals surface area contributed by atoms with E-state index in [1.54, 1.807) is 11.3 Å². The summed E-state index contributed by atoms with van der Waals surface area (Å²) in [4.78, 5) is 17.5. The molecule has 3 rings (SSSR count). The van der Waals surface area contributed by atoms with Crippen LogP contribution in [0.2, 0.25) is 0 Å². The number of nitrogens with one attached hydrogen (secondary N) is 1. The van der Waals surface area contributed by atoms with Crippen LogP contribution in [0.5, 0.6) is 0 Å². The summed E-state index contributed by atoms with van der Waals surface area (Å²) >= 11 is 2.98. The van der Waals surface area contributed by atoms with Gasteiger partial charge in [0.05, 0.1) is 21.3 Å². The minimum absolute atomic E-state index is 0.0564. The van der Waals surface area contributed by atoms with Crippen molar-refractivity contribution in [2.75, 3.05) is 11.1 Å². The van der Waals surface area contributed by atoms with E-state index in [1.165, 1.54) is 11.8 Å². The van der Waals surface area contributed by atoms with Gasteiger partial charge in [-0.2, -0.15) is 0 Å². The fourth-order valence-corrected chi connectivity index (χ4v) is 3.82. The summed E-state index contributed by atoms with van der Waals surface area (Å²) in [5.74, 6) is 0.236. The van der Waals surface area contributed by atoms with E-state index in [1.807, 2.05) is 57.2 Å². The largest absolute Gasteiger partial charge is 0.325 e. The highest BCUT2D eigenvalue weighted by Gasteiger charge is 2.11. The van der Waals surface area contributed by atoms with Crippen molar-refractivity contribution in [1.82, 2.24) is 15.2 Å². The second-order valence-corrected chi connectivity index (χ2v) is 7.75. The number of amides is 1. The SMILES string of the molecule is Cc1nc(C)c(-c2ccc(SCC(=O)Nc3ccccc3C)nn2)s1. The smallest absolute Gasteiger partial charge is 0.234 e. The van der Waals surface area contributed by atoms with Gasteiger partial charge in [-0.05, 0) is 44.5 Å². The minimum Gasteiger partial charge on any atom is -0.325 e. The van der Waals surface area contributed by atoms with Crippen molar-refractivity contribution in [3.63, 3.8) is 0 Å². The predicted octanol–water partition coefficient (Wildman–Crippen LogP) is 4.26. The Bertz CT molecular complexity index is 890. The third kappa shape index (κ3) is 4.43. The number of anilines is 1. The van der Waals surface area contributed by atoms with Crippen LogP contribution in [0.1, 0.15) is 16.3 Å². The van der Waals surface area contributed by atoms with Gasteiger partial charge in [-0.25, -0.2) is 4.98 Å². The lowest BCUT2D eigenvalue weighted by Crippen LogP contribution is -2.14. The lowest BCUT2D eigenvalue weighted by Gasteiger charge is -2.07. The summed E-state index contributed by atoms with van der Waals surface area (Å²) in [5.41, 5.74) is 3.66. The maximum Gasteiger partial charge on any atom is 0.234 e. The Kier molecular flexibility index (Phi) is 5.45. The maximum atomic E-state index is 12.1. The zero-order chi connectivity index (χ0) is 17.8. The number of hydrogen-bond acceptors (Lipinski definition) is 6. The van der Waals surface area contributed by atoms with Gasteiger partial charge in [-0.1, -0.05) is 30.0 Å². The zero-order valence-electron chi connectivity index (χ0n) is 14.2. The number of thioether (sulfide) groups is 1. The van der Waals surface area contributed by atoms with Crippen LogP contribution in [0.3, 0.4) is 0 Å². The van der Waals surface area contributed by atoms with E-state index < -0.39 is 0 Å². The molecule has 0 unspecified atom stereocenters. The topological polar surface area (TPSA) is 67.8 Å². The summed E-state index contributed by atoms with van der Waals surface area (Å²) in [6, 6.07) is 11.5. The lowest BCUT2D eigenvalue weighted by atomic mass is 10.2. The van der Waals surface area contributed by atoms with Crippen molar-refractivity contribution < 1.29 is 4.79 Å². The van der Waals surface area contributed by atoms with E-state index in [0.29, 0.717) is 5.75 Å². The predicted molar refractivity (Wildman–Crippen MR) is 103 cm³/mol. The van der Waals surface area contributed by atoms with Crippen molar-refractivity contribution in [1.29, 1.82) is 0 Å². The van der Waals surface area contributed by atoms with Gasteiger partial charge in [0.2, 0.25) is 5.91 Å². The summed E-state index contributed by atoms with van der Waals surface area (Å²) in [5, 5.41) is 13.1. The van der Waals surface area contributed by atoms with Gasteiger partial charge in [-0.3, -0.25) is 4.79 Å². The first kappa shape index (κ1) is 17.6. The van der Waals surface area contributed by atoms with Gasteiger partial charge in [0.25, 0.3) is 0 Å². The minimum atomic E-state index is -0.0564. The van der Waals surface area contributed by atoms with Crippen LogP contribution in [0.4, 0.5) is 5.69 Å². The summed E-state index contributed by atoms with van der Waals surface area (Å²) < 4.78 is 0. The molecule has 0 bridgehead atoms. The molecule has 0 saturated heterocycles. The fraction of sp³-hybridized carbons (Fsp3) is 0.222. The second kappa shape index (κ2) is 7.76. The van der Waals surface area contributed by atoms with Crippen LogP contribution in [0.25, 0.3) is 10.6 Å². The van der Waals surface area contributed by atoms with Crippen LogP contribution in [-0.2, 0) is 4.79 Å². The van der Waals surface area contributed by atoms with Gasteiger partial charge in [0, 0.05) is 5.69 Å². The monoisotopic (exact) mass is 370 g/mol. The van der Waals surface area contributed by atoms with Crippen LogP contribution >= 0.6 is 23.1 Å². The number of rotatable bonds is 5. The average Bonchev–Trinajstić information content (AvgIpc) is 2.94. The first-order chi connectivity index (χ1) is 12.0. The van der Waals surface area contributed by atoms with Crippen molar-refractivity contribution in [3.05, 3.63) is 52.7 Å². The van der Waals surface area contributed by atoms with Crippen LogP contribution in [-0.4, -0.2) is 26.8 Å². The zero-order valence-corrected chi connectivity index (χ0v) is 15.9. The van der Waals surface area contributed by atoms with Crippen molar-refractivity contribution in [2.24, 2.45) is 0 Å². The Hall–Kier alpha value is -2.25. The van der Waals surface area contributed by atoms with E-state index in [4.69, 9.17) is 0 Å². The molecule has 5 nitrogen and oxygen atoms in total. The number of aryl methyl sites for hydroxylation is 3. The lowest BCUT2D eigenvalue weighted by molar-refractivity contribution is -0.113. The number of hydrogen-bond donors (Lipinski definition) is 1. The molecule has 2 aromatic heterocycles. The van der Waals surface area contributed by atoms with Crippen LogP contribution < -0.4 is 5.32 Å². The van der Waals surface area contributed by atoms with Gasteiger partial charge in [-0.15, -0.1) is 21.5 Å². The molecule has 0 atom stereocenters. The van der Waals surface area contributed by atoms with Crippen LogP contribution in [0, 0.1) is 20.8 Å². The molecular formula is C18H18N4OS2. The number of benzene rings is 1. The highest BCUT2D eigenvalue weighted by molar-refractivity contribution is 7.99. The molecule has 0 fully saturated rings. The van der Waals surface area contributed by atoms with E-state index in [2.05, 4.69) is 20.5 Å². The Balaban J connectivity index is 1.59. The third-order valence-corrected chi connectivity index (χ3v) is 5.56. The van der Waals surface area contributed by atoms with E-state index in [-0.39, 0.29) is 5.91 Å². The van der Waals surface area contributed by atoms with E-state index in [0.717, 1.165) is 37.5 Å². The average molecular weight is 371 g/mol. The van der Waals surface area contributed by atoms with Gasteiger partial charge in [0.15, 0.2) is 0 Å². The Labute approximate surface area is 154 Å². The van der Waals surface area contributed by atoms with Crippen molar-refractivity contribution >= 4 is 34.7 Å². The number of carbonyl (C=O) groups is 1. The molecule has 1 N–H and O–H groups in total. The number of para-hydroxylation sites is 1. The molecule has 25 heavy (non-hydrogen) atoms. The Morgan fingerprint density at radius 3 is 2.56 bits per heavy atom. The molecule has 0 aliphatic heterocycles. The highest BCUT2D eigenvalue weighted by atomic mass is 32.2. The highest BCUT2D eigenvalue weighted by Crippen LogP contribution is 2.28. The Morgan fingerprint density at radius 1 is 1.12 bits per heavy atom. The first-order valence-corrected chi connectivity index (χ1v) is 9.59. The molecule has 0 spiro atoms. The van der Waals surface area contributed by atoms with Gasteiger partial charge < -0.3 is 5.32 Å². The molecule has 1 amide bonds. The summed E-state index contributed by atoms with van der Waals surface area (Å²) in [6.07, 6.45) is 0. The van der Waals surface area contributed by atoms with Gasteiger partial charge in [0.1, 0.15) is 10.7 Å². The van der Waals surface area contributed by atoms with Gasteiger partial charge >= 0.3 is 0 Å². The normalized spacial score (nSPS) is 10.7. The number of nitrogens with zero attached hydrogens (tertiary/aromatic N) is 3. The Morgan fingerprint density at radius 2 is 1.92 bits per heavy atom. The number of thiazole rings is 1. The molecule has 0 aliphatic rings. The standard InChI is InChI=1S/C18H18N4OS2/c1-11-6-4-5-7-14(11)20-16(23)10-24-17-9-8-15(21-22-17)18-12(2)19-13(3)25-18/h4-9H,10H2,1-3H3,(H,20,23). The summed E-state index contributed by atoms with van der Waals surface area (Å²) in [7, 11) is 0. The molecule has 2 heterocycles. The van der Waals surface area contributed by atoms with Crippen LogP contribution in [0.15, 0.2) is 41.4 Å². The molecule has 128 valence electrons. The third-order valence-electron chi connectivity index (χ3n) is 3.55. The maximum absolute atomic E-state index is 12.1. The molecule has 0 radical (unpaired) electrons. The molecule has 7 heteroatoms. The first-order valence-electron chi connectivity index (χ1n) is 7.79. The number of carbonyl (C=O) groups excluding carboxylic acids is 1. The summed E-state index contributed by atoms with van der Waals surface area (Å²) in [6.45, 7) is 5.92. The molecule has 3 aromatic rings. The molecule has 1 aromatic carbocycles. The number of aromatic nitrogens is 3. The quantitative estimate of drug-likeness (QED) is 0.680. The van der Waals surface area contributed by atoms with Crippen molar-refractivity contribution in [3.8, 4) is 10.6 Å². The molecule has 0 aliphatic carbocycles. The van der Waals surface area contributed by atoms with E-state index in [9.17, 15) is 4.79 Å². The second-order valence-electron chi connectivity index (χ2n) is 5.56. The van der Waals surface area contributed by atoms with E-state index >= 15 is 0 Å².